The molecule has 0 spiro atoms. The number of rotatable bonds is 1. The van der Waals surface area contributed by atoms with Gasteiger partial charge in [-0.15, -0.1) is 0 Å². The van der Waals surface area contributed by atoms with Crippen LogP contribution in [0, 0.1) is 0 Å². The Labute approximate surface area is 114 Å². The lowest BCUT2D eigenvalue weighted by Gasteiger charge is -2.33. The number of carbonyl (C=O) groups excluding carboxylic acids is 2. The molecule has 2 fully saturated rings. The van der Waals surface area contributed by atoms with Gasteiger partial charge in [0.05, 0.1) is 23.3 Å². The molecule has 0 aromatic heterocycles. The summed E-state index contributed by atoms with van der Waals surface area (Å²) < 4.78 is 5.19. The molecule has 1 aliphatic carbocycles. The molecule has 4 rings (SSSR count). The van der Waals surface area contributed by atoms with Crippen molar-refractivity contribution in [1.82, 2.24) is 4.90 Å². The summed E-state index contributed by atoms with van der Waals surface area (Å²) in [5.41, 5.74) is 0.691. The van der Waals surface area contributed by atoms with Crippen molar-refractivity contribution in [3.8, 4) is 0 Å². The average Bonchev–Trinajstić information content (AvgIpc) is 3.21. The summed E-state index contributed by atoms with van der Waals surface area (Å²) in [6.45, 7) is 0. The van der Waals surface area contributed by atoms with Gasteiger partial charge in [0, 0.05) is 0 Å². The predicted octanol–water partition coefficient (Wildman–Crippen LogP) is -0.456. The molecule has 1 aromatic carbocycles. The van der Waals surface area contributed by atoms with Crippen molar-refractivity contribution >= 4 is 11.8 Å². The van der Waals surface area contributed by atoms with Crippen molar-refractivity contribution in [2.24, 2.45) is 0 Å². The maximum Gasteiger partial charge on any atom is 0.261 e. The van der Waals surface area contributed by atoms with E-state index in [1.165, 1.54) is 0 Å². The summed E-state index contributed by atoms with van der Waals surface area (Å²) in [7, 11) is 0. The molecule has 1 saturated heterocycles. The van der Waals surface area contributed by atoms with Gasteiger partial charge in [-0.3, -0.25) is 14.5 Å². The van der Waals surface area contributed by atoms with E-state index >= 15 is 0 Å². The highest BCUT2D eigenvalue weighted by molar-refractivity contribution is 6.21. The molecule has 0 unspecified atom stereocenters. The summed E-state index contributed by atoms with van der Waals surface area (Å²) in [5, 5.41) is 20.1. The van der Waals surface area contributed by atoms with Crippen LogP contribution in [0.2, 0.25) is 0 Å². The zero-order chi connectivity index (χ0) is 14.0. The fourth-order valence-electron chi connectivity index (χ4n) is 3.23. The highest BCUT2D eigenvalue weighted by atomic mass is 16.6. The second kappa shape index (κ2) is 3.88. The van der Waals surface area contributed by atoms with Gasteiger partial charge in [-0.2, -0.15) is 0 Å². The number of aliphatic hydroxyl groups is 2. The summed E-state index contributed by atoms with van der Waals surface area (Å²) in [5.74, 6) is -0.832. The topological polar surface area (TPSA) is 90.4 Å². The fraction of sp³-hybridized carbons (Fsp3) is 0.429. The third-order valence-electron chi connectivity index (χ3n) is 4.31. The first-order valence-electron chi connectivity index (χ1n) is 6.58. The monoisotopic (exact) mass is 275 g/mol. The summed E-state index contributed by atoms with van der Waals surface area (Å²) in [6, 6.07) is 5.84. The van der Waals surface area contributed by atoms with Gasteiger partial charge in [0.1, 0.15) is 18.3 Å². The molecule has 5 atom stereocenters. The van der Waals surface area contributed by atoms with E-state index < -0.39 is 36.2 Å². The number of epoxide rings is 1. The number of aliphatic hydroxyl groups excluding tert-OH is 2. The molecule has 0 bridgehead atoms. The Kier molecular flexibility index (Phi) is 2.33. The smallest absolute Gasteiger partial charge is 0.261 e. The first-order chi connectivity index (χ1) is 9.59. The number of benzene rings is 1. The van der Waals surface area contributed by atoms with Crippen LogP contribution in [0.3, 0.4) is 0 Å². The van der Waals surface area contributed by atoms with E-state index in [-0.39, 0.29) is 12.5 Å². The lowest BCUT2D eigenvalue weighted by molar-refractivity contribution is 0.00239. The molecule has 6 heteroatoms. The van der Waals surface area contributed by atoms with Crippen LogP contribution in [-0.4, -0.2) is 57.4 Å². The van der Waals surface area contributed by atoms with Crippen LogP contribution in [0.15, 0.2) is 24.3 Å². The molecular formula is C14H13NO5. The molecular weight excluding hydrogens is 262 g/mol. The van der Waals surface area contributed by atoms with Gasteiger partial charge >= 0.3 is 0 Å². The Morgan fingerprint density at radius 2 is 1.65 bits per heavy atom. The highest BCUT2D eigenvalue weighted by Crippen LogP contribution is 2.40. The van der Waals surface area contributed by atoms with Crippen LogP contribution in [-0.2, 0) is 4.74 Å². The summed E-state index contributed by atoms with van der Waals surface area (Å²) in [6.07, 6.45) is -2.39. The highest BCUT2D eigenvalue weighted by Gasteiger charge is 2.59. The lowest BCUT2D eigenvalue weighted by Crippen LogP contribution is -2.54. The Balaban J connectivity index is 1.70. The molecule has 1 saturated carbocycles. The minimum Gasteiger partial charge on any atom is -0.390 e. The maximum absolute atomic E-state index is 12.4. The number of ether oxygens (including phenoxy) is 1. The van der Waals surface area contributed by atoms with Gasteiger partial charge in [0.25, 0.3) is 11.8 Å². The van der Waals surface area contributed by atoms with Crippen LogP contribution in [0.25, 0.3) is 0 Å². The van der Waals surface area contributed by atoms with E-state index in [1.54, 1.807) is 24.3 Å². The zero-order valence-electron chi connectivity index (χ0n) is 10.5. The van der Waals surface area contributed by atoms with Gasteiger partial charge in [-0.05, 0) is 18.6 Å². The standard InChI is InChI=1S/C14H13NO5/c16-9-5-8(10(17)12-11(9)20-12)15-13(18)6-3-1-2-4-7(6)14(15)19/h1-4,8-12,16-17H,5H2/t8-,9-,10+,11-,12+/m0/s1. The van der Waals surface area contributed by atoms with E-state index in [0.717, 1.165) is 4.90 Å². The van der Waals surface area contributed by atoms with Gasteiger partial charge in [0.2, 0.25) is 0 Å². The second-order valence-electron chi connectivity index (χ2n) is 5.45. The molecule has 2 amide bonds. The number of carbonyl (C=O) groups is 2. The van der Waals surface area contributed by atoms with E-state index in [2.05, 4.69) is 0 Å². The molecule has 2 heterocycles. The maximum atomic E-state index is 12.4. The second-order valence-corrected chi connectivity index (χ2v) is 5.45. The Morgan fingerprint density at radius 3 is 2.25 bits per heavy atom. The third kappa shape index (κ3) is 1.44. The number of nitrogens with zero attached hydrogens (tertiary/aromatic N) is 1. The van der Waals surface area contributed by atoms with Crippen molar-refractivity contribution in [2.45, 2.75) is 36.9 Å². The molecule has 0 radical (unpaired) electrons. The molecule has 6 nitrogen and oxygen atoms in total. The lowest BCUT2D eigenvalue weighted by atomic mass is 9.89. The van der Waals surface area contributed by atoms with Crippen molar-refractivity contribution in [3.63, 3.8) is 0 Å². The van der Waals surface area contributed by atoms with Crippen molar-refractivity contribution in [3.05, 3.63) is 35.4 Å². The van der Waals surface area contributed by atoms with Gasteiger partial charge < -0.3 is 14.9 Å². The SMILES string of the molecule is O=C1c2ccccc2C(=O)N1[C@H]1C[C@H](O)[C@@H]2O[C@@H]2[C@@H]1O. The molecule has 2 N–H and O–H groups in total. The number of hydrogen-bond donors (Lipinski definition) is 2. The molecule has 2 aliphatic heterocycles. The van der Waals surface area contributed by atoms with Crippen molar-refractivity contribution in [2.75, 3.05) is 0 Å². The molecule has 20 heavy (non-hydrogen) atoms. The minimum atomic E-state index is -0.939. The fourth-order valence-corrected chi connectivity index (χ4v) is 3.23. The van der Waals surface area contributed by atoms with Gasteiger partial charge in [0.15, 0.2) is 0 Å². The molecule has 1 aromatic rings. The quantitative estimate of drug-likeness (QED) is 0.535. The Hall–Kier alpha value is -1.76. The summed E-state index contributed by atoms with van der Waals surface area (Å²) >= 11 is 0. The normalized spacial score (nSPS) is 38.7. The molecule has 104 valence electrons. The van der Waals surface area contributed by atoms with Crippen LogP contribution >= 0.6 is 0 Å². The zero-order valence-corrected chi connectivity index (χ0v) is 10.5. The summed E-state index contributed by atoms with van der Waals surface area (Å²) in [4.78, 5) is 25.8. The first-order valence-corrected chi connectivity index (χ1v) is 6.58. The number of fused-ring (bicyclic) bond motifs is 2. The first kappa shape index (κ1) is 12.0. The average molecular weight is 275 g/mol. The largest absolute Gasteiger partial charge is 0.390 e. The van der Waals surface area contributed by atoms with Crippen LogP contribution < -0.4 is 0 Å². The Morgan fingerprint density at radius 1 is 1.05 bits per heavy atom. The number of hydrogen-bond acceptors (Lipinski definition) is 5. The van der Waals surface area contributed by atoms with E-state index in [1.807, 2.05) is 0 Å². The molecule has 3 aliphatic rings. The van der Waals surface area contributed by atoms with E-state index in [9.17, 15) is 19.8 Å². The number of amides is 2. The van der Waals surface area contributed by atoms with E-state index in [0.29, 0.717) is 11.1 Å². The van der Waals surface area contributed by atoms with Gasteiger partial charge in [-0.25, -0.2) is 0 Å². The van der Waals surface area contributed by atoms with Crippen LogP contribution in [0.4, 0.5) is 0 Å². The third-order valence-corrected chi connectivity index (χ3v) is 4.31. The van der Waals surface area contributed by atoms with Crippen LogP contribution in [0.5, 0.6) is 0 Å². The minimum absolute atomic E-state index is 0.147. The Bertz CT molecular complexity index is 580. The van der Waals surface area contributed by atoms with Crippen molar-refractivity contribution < 1.29 is 24.5 Å². The predicted molar refractivity (Wildman–Crippen MR) is 66.0 cm³/mol. The number of imide groups is 1. The van der Waals surface area contributed by atoms with Gasteiger partial charge in [-0.1, -0.05) is 12.1 Å². The van der Waals surface area contributed by atoms with Crippen LogP contribution in [0.1, 0.15) is 27.1 Å². The van der Waals surface area contributed by atoms with Crippen molar-refractivity contribution in [1.29, 1.82) is 0 Å². The van der Waals surface area contributed by atoms with E-state index in [4.69, 9.17) is 4.74 Å².